The number of aldehydes is 1. The molecule has 0 aliphatic heterocycles. The molecule has 1 aromatic heterocycles. The Hall–Kier alpha value is -0.780. The van der Waals surface area contributed by atoms with E-state index in [1.165, 1.54) is 0 Å². The number of carbonyl (C=O) groups excluding carboxylic acids is 2. The lowest BCUT2D eigenvalue weighted by molar-refractivity contribution is 0.0636. The van der Waals surface area contributed by atoms with Crippen LogP contribution in [0.2, 0.25) is 9.36 Å². The molecule has 4 nitrogen and oxygen atoms in total. The van der Waals surface area contributed by atoms with Crippen LogP contribution in [0.1, 0.15) is 30.4 Å². The summed E-state index contributed by atoms with van der Waals surface area (Å²) in [5.74, 6) is 0. The summed E-state index contributed by atoms with van der Waals surface area (Å²) in [6.07, 6.45) is -0.105. The lowest BCUT2D eigenvalue weighted by Gasteiger charge is -2.19. The van der Waals surface area contributed by atoms with E-state index in [0.29, 0.717) is 6.29 Å². The molecule has 1 heterocycles. The van der Waals surface area contributed by atoms with Gasteiger partial charge in [0.15, 0.2) is 6.29 Å². The number of ether oxygens (including phenoxy) is 1. The number of anilines is 1. The van der Waals surface area contributed by atoms with Crippen LogP contribution < -0.4 is 5.32 Å². The topological polar surface area (TPSA) is 55.4 Å². The van der Waals surface area contributed by atoms with Gasteiger partial charge in [-0.2, -0.15) is 0 Å². The fourth-order valence-electron chi connectivity index (χ4n) is 1.00. The fraction of sp³-hybridized carbons (Fsp3) is 0.400. The number of nitrogens with one attached hydrogen (secondary N) is 1. The average molecular weight is 296 g/mol. The van der Waals surface area contributed by atoms with Gasteiger partial charge in [-0.05, 0) is 20.8 Å². The lowest BCUT2D eigenvalue weighted by Crippen LogP contribution is -2.27. The highest BCUT2D eigenvalue weighted by Crippen LogP contribution is 2.40. The fourth-order valence-corrected chi connectivity index (χ4v) is 2.36. The summed E-state index contributed by atoms with van der Waals surface area (Å²) in [7, 11) is 0. The molecule has 0 unspecified atom stereocenters. The van der Waals surface area contributed by atoms with Crippen LogP contribution in [0.5, 0.6) is 0 Å². The molecule has 0 aromatic carbocycles. The molecule has 0 radical (unpaired) electrons. The van der Waals surface area contributed by atoms with E-state index in [0.717, 1.165) is 11.3 Å². The van der Waals surface area contributed by atoms with Crippen LogP contribution in [-0.4, -0.2) is 18.0 Å². The van der Waals surface area contributed by atoms with Crippen LogP contribution in [0, 0.1) is 0 Å². The second kappa shape index (κ2) is 5.25. The molecule has 0 atom stereocenters. The van der Waals surface area contributed by atoms with Crippen LogP contribution in [0.15, 0.2) is 0 Å². The second-order valence-corrected chi connectivity index (χ2v) is 6.21. The Bertz CT molecular complexity index is 451. The standard InChI is InChI=1S/C10H11Cl2NO3S/c1-10(2,3)16-9(15)13-7-5(4-14)17-8(12)6(7)11/h4H,1-3H3,(H,13,15). The van der Waals surface area contributed by atoms with Crippen LogP contribution in [0.25, 0.3) is 0 Å². The number of hydrogen-bond donors (Lipinski definition) is 1. The second-order valence-electron chi connectivity index (χ2n) is 4.17. The van der Waals surface area contributed by atoms with E-state index in [1.807, 2.05) is 0 Å². The van der Waals surface area contributed by atoms with Gasteiger partial charge in [0, 0.05) is 0 Å². The summed E-state index contributed by atoms with van der Waals surface area (Å²) in [5, 5.41) is 2.55. The first-order chi connectivity index (χ1) is 7.74. The highest BCUT2D eigenvalue weighted by Gasteiger charge is 2.21. The number of hydrogen-bond acceptors (Lipinski definition) is 4. The van der Waals surface area contributed by atoms with Crippen LogP contribution >= 0.6 is 34.5 Å². The predicted molar refractivity (Wildman–Crippen MR) is 69.6 cm³/mol. The van der Waals surface area contributed by atoms with Gasteiger partial charge < -0.3 is 4.74 Å². The van der Waals surface area contributed by atoms with Crippen molar-refractivity contribution in [2.24, 2.45) is 0 Å². The Kier molecular flexibility index (Phi) is 4.41. The van der Waals surface area contributed by atoms with Crippen molar-refractivity contribution in [3.8, 4) is 0 Å². The van der Waals surface area contributed by atoms with Gasteiger partial charge in [-0.15, -0.1) is 11.3 Å². The Morgan fingerprint density at radius 2 is 2.00 bits per heavy atom. The maximum Gasteiger partial charge on any atom is 0.412 e. The van der Waals surface area contributed by atoms with Gasteiger partial charge in [0.05, 0.1) is 15.6 Å². The first-order valence-electron chi connectivity index (χ1n) is 4.67. The molecule has 94 valence electrons. The van der Waals surface area contributed by atoms with Gasteiger partial charge in [-0.3, -0.25) is 10.1 Å². The van der Waals surface area contributed by atoms with E-state index in [-0.39, 0.29) is 19.9 Å². The summed E-state index contributed by atoms with van der Waals surface area (Å²) < 4.78 is 5.29. The highest BCUT2D eigenvalue weighted by atomic mass is 35.5. The van der Waals surface area contributed by atoms with Crippen molar-refractivity contribution in [3.63, 3.8) is 0 Å². The van der Waals surface area contributed by atoms with Crippen LogP contribution in [0.3, 0.4) is 0 Å². The molecule has 17 heavy (non-hydrogen) atoms. The van der Waals surface area contributed by atoms with Gasteiger partial charge in [0.2, 0.25) is 0 Å². The van der Waals surface area contributed by atoms with Crippen molar-refractivity contribution in [2.75, 3.05) is 5.32 Å². The number of amides is 1. The molecular weight excluding hydrogens is 285 g/mol. The molecule has 1 aromatic rings. The lowest BCUT2D eigenvalue weighted by atomic mass is 10.2. The quantitative estimate of drug-likeness (QED) is 0.831. The van der Waals surface area contributed by atoms with Crippen molar-refractivity contribution in [2.45, 2.75) is 26.4 Å². The number of rotatable bonds is 2. The average Bonchev–Trinajstić information content (AvgIpc) is 2.42. The molecule has 1 amide bonds. The maximum atomic E-state index is 11.5. The summed E-state index contributed by atoms with van der Waals surface area (Å²) in [4.78, 5) is 22.5. The van der Waals surface area contributed by atoms with E-state index in [2.05, 4.69) is 5.32 Å². The predicted octanol–water partition coefficient (Wildman–Crippen LogP) is 4.21. The maximum absolute atomic E-state index is 11.5. The van der Waals surface area contributed by atoms with Crippen LogP contribution in [-0.2, 0) is 4.74 Å². The molecule has 1 rings (SSSR count). The molecular formula is C10H11Cl2NO3S. The van der Waals surface area contributed by atoms with Crippen molar-refractivity contribution in [3.05, 3.63) is 14.2 Å². The van der Waals surface area contributed by atoms with Gasteiger partial charge >= 0.3 is 6.09 Å². The van der Waals surface area contributed by atoms with Crippen molar-refractivity contribution < 1.29 is 14.3 Å². The normalized spacial score (nSPS) is 11.1. The Morgan fingerprint density at radius 3 is 2.47 bits per heavy atom. The largest absolute Gasteiger partial charge is 0.444 e. The molecule has 0 aliphatic rings. The molecule has 0 fully saturated rings. The van der Waals surface area contributed by atoms with Gasteiger partial charge in [-0.1, -0.05) is 23.2 Å². The minimum Gasteiger partial charge on any atom is -0.444 e. The Balaban J connectivity index is 2.88. The van der Waals surface area contributed by atoms with Gasteiger partial charge in [-0.25, -0.2) is 4.79 Å². The zero-order valence-electron chi connectivity index (χ0n) is 9.47. The smallest absolute Gasteiger partial charge is 0.412 e. The Morgan fingerprint density at radius 1 is 1.41 bits per heavy atom. The summed E-state index contributed by atoms with van der Waals surface area (Å²) in [6, 6.07) is 0. The molecule has 0 bridgehead atoms. The summed E-state index contributed by atoms with van der Waals surface area (Å²) >= 11 is 12.6. The monoisotopic (exact) mass is 295 g/mol. The number of carbonyl (C=O) groups is 2. The molecule has 0 saturated heterocycles. The van der Waals surface area contributed by atoms with Gasteiger partial charge in [0.25, 0.3) is 0 Å². The number of halogens is 2. The Labute approximate surface area is 113 Å². The summed E-state index contributed by atoms with van der Waals surface area (Å²) in [5.41, 5.74) is -0.441. The van der Waals surface area contributed by atoms with E-state index >= 15 is 0 Å². The number of thiophene rings is 1. The van der Waals surface area contributed by atoms with Crippen molar-refractivity contribution in [1.82, 2.24) is 0 Å². The molecule has 0 aliphatic carbocycles. The summed E-state index contributed by atoms with van der Waals surface area (Å²) in [6.45, 7) is 5.19. The highest BCUT2D eigenvalue weighted by molar-refractivity contribution is 7.19. The first kappa shape index (κ1) is 14.3. The van der Waals surface area contributed by atoms with Crippen LogP contribution in [0.4, 0.5) is 10.5 Å². The van der Waals surface area contributed by atoms with E-state index < -0.39 is 11.7 Å². The molecule has 1 N–H and O–H groups in total. The van der Waals surface area contributed by atoms with Crippen molar-refractivity contribution in [1.29, 1.82) is 0 Å². The minimum absolute atomic E-state index is 0.143. The molecule has 7 heteroatoms. The van der Waals surface area contributed by atoms with Gasteiger partial charge in [0.1, 0.15) is 9.94 Å². The molecule has 0 spiro atoms. The first-order valence-corrected chi connectivity index (χ1v) is 6.25. The third-order valence-electron chi connectivity index (χ3n) is 1.57. The zero-order valence-corrected chi connectivity index (χ0v) is 11.8. The van der Waals surface area contributed by atoms with E-state index in [9.17, 15) is 9.59 Å². The third-order valence-corrected chi connectivity index (χ3v) is 3.48. The van der Waals surface area contributed by atoms with E-state index in [4.69, 9.17) is 27.9 Å². The minimum atomic E-state index is -0.683. The van der Waals surface area contributed by atoms with Crippen molar-refractivity contribution >= 4 is 52.6 Å². The molecule has 0 saturated carbocycles. The zero-order chi connectivity index (χ0) is 13.2. The third kappa shape index (κ3) is 3.87. The SMILES string of the molecule is CC(C)(C)OC(=O)Nc1c(C=O)sc(Cl)c1Cl. The van der Waals surface area contributed by atoms with E-state index in [1.54, 1.807) is 20.8 Å².